The fraction of sp³-hybridized carbons (Fsp3) is 0.478. The third kappa shape index (κ3) is 7.03. The Labute approximate surface area is 232 Å². The van der Waals surface area contributed by atoms with Crippen molar-refractivity contribution in [1.82, 2.24) is 14.6 Å². The van der Waals surface area contributed by atoms with Crippen LogP contribution in [0.5, 0.6) is 5.75 Å². The summed E-state index contributed by atoms with van der Waals surface area (Å²) >= 11 is 0. The third-order valence-corrected chi connectivity index (χ3v) is 7.66. The van der Waals surface area contributed by atoms with Crippen molar-refractivity contribution in [3.8, 4) is 5.75 Å². The molecule has 2 aromatic rings. The molecule has 222 valence electrons. The lowest BCUT2D eigenvalue weighted by Gasteiger charge is -2.28. The molecule has 0 amide bonds. The molecule has 1 aromatic carbocycles. The fourth-order valence-corrected chi connectivity index (χ4v) is 5.50. The van der Waals surface area contributed by atoms with Crippen molar-refractivity contribution in [3.63, 3.8) is 0 Å². The Morgan fingerprint density at radius 2 is 2.05 bits per heavy atom. The molecule has 18 heteroatoms. The predicted octanol–water partition coefficient (Wildman–Crippen LogP) is 1.40. The van der Waals surface area contributed by atoms with E-state index in [0.717, 1.165) is 23.9 Å². The molecule has 17 nitrogen and oxygen atoms in total. The van der Waals surface area contributed by atoms with Gasteiger partial charge in [0.1, 0.15) is 29.0 Å². The topological polar surface area (TPSA) is 233 Å². The largest absolute Gasteiger partial charge is 0.468 e. The maximum Gasteiger partial charge on any atom is 0.459 e. The molecular formula is C23H29N6O11P. The van der Waals surface area contributed by atoms with Gasteiger partial charge in [-0.15, -0.1) is 0 Å². The van der Waals surface area contributed by atoms with Gasteiger partial charge in [0.25, 0.3) is 5.56 Å². The second-order valence-electron chi connectivity index (χ2n) is 8.88. The van der Waals surface area contributed by atoms with Crippen molar-refractivity contribution in [2.75, 3.05) is 20.3 Å². The molecule has 0 spiro atoms. The Morgan fingerprint density at radius 3 is 2.68 bits per heavy atom. The second kappa shape index (κ2) is 13.1. The van der Waals surface area contributed by atoms with Crippen LogP contribution in [0.15, 0.2) is 51.2 Å². The number of carbonyl (C=O) groups is 2. The summed E-state index contributed by atoms with van der Waals surface area (Å²) in [7, 11) is -3.45. The number of carbonyl (C=O) groups excluding carboxylic acids is 2. The number of H-pyrrole nitrogens is 1. The molecule has 1 aliphatic rings. The summed E-state index contributed by atoms with van der Waals surface area (Å²) in [5, 5.41) is 17.1. The van der Waals surface area contributed by atoms with Gasteiger partial charge < -0.3 is 23.8 Å². The van der Waals surface area contributed by atoms with Gasteiger partial charge in [0.2, 0.25) is 0 Å². The zero-order valence-corrected chi connectivity index (χ0v) is 23.3. The van der Waals surface area contributed by atoms with Crippen LogP contribution in [0.25, 0.3) is 10.4 Å². The number of hydrogen-bond donors (Lipinski definition) is 3. The van der Waals surface area contributed by atoms with E-state index in [4.69, 9.17) is 24.1 Å². The Hall–Kier alpha value is -3.98. The molecule has 6 atom stereocenters. The monoisotopic (exact) mass is 596 g/mol. The van der Waals surface area contributed by atoms with E-state index in [9.17, 15) is 28.8 Å². The molecule has 1 aliphatic heterocycles. The van der Waals surface area contributed by atoms with Crippen molar-refractivity contribution in [3.05, 3.63) is 73.4 Å². The van der Waals surface area contributed by atoms with Crippen molar-refractivity contribution < 1.29 is 42.5 Å². The third-order valence-electron chi connectivity index (χ3n) is 6.03. The molecule has 41 heavy (non-hydrogen) atoms. The molecule has 0 radical (unpaired) electrons. The normalized spacial score (nSPS) is 24.0. The lowest BCUT2D eigenvalue weighted by molar-refractivity contribution is -0.142. The van der Waals surface area contributed by atoms with Crippen LogP contribution in [0.2, 0.25) is 0 Å². The molecular weight excluding hydrogens is 567 g/mol. The van der Waals surface area contributed by atoms with Gasteiger partial charge in [0.15, 0.2) is 6.23 Å². The second-order valence-corrected chi connectivity index (χ2v) is 10.6. The van der Waals surface area contributed by atoms with Gasteiger partial charge in [-0.3, -0.25) is 23.7 Å². The van der Waals surface area contributed by atoms with Gasteiger partial charge in [-0.2, -0.15) is 5.09 Å². The zero-order valence-electron chi connectivity index (χ0n) is 22.5. The van der Waals surface area contributed by atoms with Crippen molar-refractivity contribution in [2.24, 2.45) is 5.11 Å². The van der Waals surface area contributed by atoms with E-state index in [1.807, 2.05) is 4.98 Å². The molecule has 1 unspecified atom stereocenters. The summed E-state index contributed by atoms with van der Waals surface area (Å²) in [4.78, 5) is 53.2. The lowest BCUT2D eigenvalue weighted by atomic mass is 9.93. The molecule has 0 aliphatic carbocycles. The molecule has 1 fully saturated rings. The zero-order chi connectivity index (χ0) is 30.4. The minimum atomic E-state index is -4.56. The van der Waals surface area contributed by atoms with Crippen molar-refractivity contribution in [2.45, 2.75) is 50.8 Å². The number of ether oxygens (including phenoxy) is 3. The molecule has 0 saturated carbocycles. The van der Waals surface area contributed by atoms with Crippen LogP contribution in [0.1, 0.15) is 37.4 Å². The highest BCUT2D eigenvalue weighted by molar-refractivity contribution is 7.52. The number of aromatic nitrogens is 2. The highest BCUT2D eigenvalue weighted by atomic mass is 31.2. The molecule has 0 bridgehead atoms. The molecule has 1 aromatic heterocycles. The number of aliphatic hydroxyl groups excluding tert-OH is 1. The number of benzene rings is 1. The Bertz CT molecular complexity index is 1490. The maximum atomic E-state index is 13.9. The van der Waals surface area contributed by atoms with Gasteiger partial charge in [-0.1, -0.05) is 17.2 Å². The number of esters is 2. The number of aliphatic hydroxyl groups is 1. The van der Waals surface area contributed by atoms with Crippen LogP contribution < -0.4 is 20.9 Å². The van der Waals surface area contributed by atoms with Crippen LogP contribution in [-0.2, 0) is 28.1 Å². The van der Waals surface area contributed by atoms with Gasteiger partial charge in [-0.05, 0) is 38.4 Å². The molecule has 3 N–H and O–H groups in total. The number of aromatic amines is 1. The SMILES string of the molecule is CCOC(=O)c1ccccc1OP(=O)(N[C@@H](C)C(=O)OC)OC[C@H]1O[C@H](n2ccc(=O)[nH]c2=O)[C@](C)(N=[N+]=[N-])[C@@H]1O. The first kappa shape index (κ1) is 31.5. The minimum Gasteiger partial charge on any atom is -0.468 e. The smallest absolute Gasteiger partial charge is 0.459 e. The lowest BCUT2D eigenvalue weighted by Crippen LogP contribution is -2.45. The number of nitrogens with one attached hydrogen (secondary N) is 2. The summed E-state index contributed by atoms with van der Waals surface area (Å²) < 4.78 is 41.4. The van der Waals surface area contributed by atoms with Crippen LogP contribution in [0.3, 0.4) is 0 Å². The van der Waals surface area contributed by atoms with E-state index >= 15 is 0 Å². The van der Waals surface area contributed by atoms with Crippen molar-refractivity contribution in [1.29, 1.82) is 0 Å². The first-order valence-corrected chi connectivity index (χ1v) is 13.7. The van der Waals surface area contributed by atoms with Gasteiger partial charge in [0, 0.05) is 17.2 Å². The Balaban J connectivity index is 1.94. The predicted molar refractivity (Wildman–Crippen MR) is 140 cm³/mol. The van der Waals surface area contributed by atoms with Crippen LogP contribution in [0, 0.1) is 0 Å². The Morgan fingerprint density at radius 1 is 1.34 bits per heavy atom. The first-order valence-electron chi connectivity index (χ1n) is 12.2. The van der Waals surface area contributed by atoms with Gasteiger partial charge >= 0.3 is 25.4 Å². The highest BCUT2D eigenvalue weighted by Gasteiger charge is 2.55. The first-order chi connectivity index (χ1) is 19.4. The van der Waals surface area contributed by atoms with E-state index in [-0.39, 0.29) is 17.9 Å². The highest BCUT2D eigenvalue weighted by Crippen LogP contribution is 2.48. The Kier molecular flexibility index (Phi) is 10.1. The van der Waals surface area contributed by atoms with E-state index in [0.29, 0.717) is 0 Å². The number of para-hydroxylation sites is 1. The summed E-state index contributed by atoms with van der Waals surface area (Å²) in [6, 6.07) is 5.50. The number of methoxy groups -OCH3 is 1. The molecule has 3 rings (SSSR count). The number of hydrogen-bond acceptors (Lipinski definition) is 12. The quantitative estimate of drug-likeness (QED) is 0.104. The number of nitrogens with zero attached hydrogens (tertiary/aromatic N) is 4. The minimum absolute atomic E-state index is 0.0549. The van der Waals surface area contributed by atoms with Crippen LogP contribution in [-0.4, -0.2) is 70.7 Å². The van der Waals surface area contributed by atoms with E-state index < -0.39 is 67.6 Å². The maximum absolute atomic E-state index is 13.9. The summed E-state index contributed by atoms with van der Waals surface area (Å²) in [6.45, 7) is 3.59. The van der Waals surface area contributed by atoms with Crippen LogP contribution >= 0.6 is 7.75 Å². The number of azide groups is 1. The van der Waals surface area contributed by atoms with Gasteiger partial charge in [-0.25, -0.2) is 14.2 Å². The molecule has 2 heterocycles. The van der Waals surface area contributed by atoms with E-state index in [1.54, 1.807) is 6.92 Å². The fourth-order valence-electron chi connectivity index (χ4n) is 3.98. The van der Waals surface area contributed by atoms with E-state index in [1.165, 1.54) is 38.1 Å². The summed E-state index contributed by atoms with van der Waals surface area (Å²) in [5.41, 5.74) is 5.66. The standard InChI is InChI=1S/C23H29N6O11P/c1-5-37-20(33)14-8-6-7-9-15(14)40-41(35,26-13(2)19(32)36-4)38-12-16-18(31)23(3,27-28-24)21(39-16)29-11-10-17(30)25-22(29)34/h6-11,13,16,18,21,31H,5,12H2,1-4H3,(H,26,35)(H,25,30,34)/t13-,16+,18+,21-,23+,41?/m0/s1. The average molecular weight is 596 g/mol. The average Bonchev–Trinajstić information content (AvgIpc) is 3.17. The van der Waals surface area contributed by atoms with Crippen LogP contribution in [0.4, 0.5) is 0 Å². The number of rotatable bonds is 12. The summed E-state index contributed by atoms with van der Waals surface area (Å²) in [5.74, 6) is -1.80. The molecule has 1 saturated heterocycles. The van der Waals surface area contributed by atoms with Gasteiger partial charge in [0.05, 0.1) is 26.4 Å². The summed E-state index contributed by atoms with van der Waals surface area (Å²) in [6.07, 6.45) is -3.33. The van der Waals surface area contributed by atoms with Crippen molar-refractivity contribution >= 4 is 19.7 Å². The van der Waals surface area contributed by atoms with E-state index in [2.05, 4.69) is 19.9 Å².